The number of hydrogen-bond donors (Lipinski definition) is 0. The number of rotatable bonds is 5. The molecule has 0 radical (unpaired) electrons. The minimum absolute atomic E-state index is 0.0155. The van der Waals surface area contributed by atoms with Gasteiger partial charge in [0, 0.05) is 11.8 Å². The van der Waals surface area contributed by atoms with Crippen LogP contribution in [0.25, 0.3) is 16.6 Å². The van der Waals surface area contributed by atoms with Crippen molar-refractivity contribution in [3.8, 4) is 11.1 Å². The van der Waals surface area contributed by atoms with Crippen molar-refractivity contribution in [2.75, 3.05) is 5.75 Å². The van der Waals surface area contributed by atoms with E-state index >= 15 is 0 Å². The summed E-state index contributed by atoms with van der Waals surface area (Å²) in [5.41, 5.74) is 4.46. The third-order valence-corrected chi connectivity index (χ3v) is 5.12. The van der Waals surface area contributed by atoms with Gasteiger partial charge in [0.2, 0.25) is 0 Å². The largest absolute Gasteiger partial charge is 0.288 e. The second-order valence-corrected chi connectivity index (χ2v) is 7.17. The average molecular weight is 358 g/mol. The monoisotopic (exact) mass is 358 g/mol. The standard InChI is InChI=1S/C22H18N2OS/c1-2-26-22-20(19-10-6-7-15-24(19)23-22)21(25)18-13-11-17(12-14-18)16-8-4-3-5-9-16/h3-15H,2H2,1H3. The van der Waals surface area contributed by atoms with E-state index in [-0.39, 0.29) is 5.78 Å². The average Bonchev–Trinajstić information content (AvgIpc) is 3.06. The number of thioether (sulfide) groups is 1. The predicted octanol–water partition coefficient (Wildman–Crippen LogP) is 5.34. The molecule has 0 fully saturated rings. The van der Waals surface area contributed by atoms with Crippen LogP contribution < -0.4 is 0 Å². The van der Waals surface area contributed by atoms with E-state index in [1.54, 1.807) is 16.3 Å². The van der Waals surface area contributed by atoms with Crippen molar-refractivity contribution in [3.63, 3.8) is 0 Å². The Hall–Kier alpha value is -2.85. The molecule has 0 unspecified atom stereocenters. The zero-order valence-corrected chi connectivity index (χ0v) is 15.2. The van der Waals surface area contributed by atoms with Gasteiger partial charge >= 0.3 is 0 Å². The SMILES string of the molecule is CCSc1nn2ccccc2c1C(=O)c1ccc(-c2ccccc2)cc1. The Morgan fingerprint density at radius 1 is 0.923 bits per heavy atom. The molecule has 0 aliphatic rings. The summed E-state index contributed by atoms with van der Waals surface area (Å²) in [6.07, 6.45) is 1.88. The van der Waals surface area contributed by atoms with Crippen molar-refractivity contribution in [1.82, 2.24) is 9.61 Å². The third kappa shape index (κ3) is 3.04. The highest BCUT2D eigenvalue weighted by atomic mass is 32.2. The van der Waals surface area contributed by atoms with Gasteiger partial charge in [-0.2, -0.15) is 5.10 Å². The Labute approximate surface area is 156 Å². The number of carbonyl (C=O) groups is 1. The molecule has 128 valence electrons. The van der Waals surface area contributed by atoms with Crippen LogP contribution in [0.2, 0.25) is 0 Å². The van der Waals surface area contributed by atoms with E-state index in [2.05, 4.69) is 24.2 Å². The lowest BCUT2D eigenvalue weighted by Gasteiger charge is -2.05. The fraction of sp³-hybridized carbons (Fsp3) is 0.0909. The minimum Gasteiger partial charge on any atom is -0.288 e. The highest BCUT2D eigenvalue weighted by molar-refractivity contribution is 7.99. The van der Waals surface area contributed by atoms with Crippen molar-refractivity contribution in [2.45, 2.75) is 11.9 Å². The van der Waals surface area contributed by atoms with Gasteiger partial charge in [0.1, 0.15) is 5.03 Å². The Balaban J connectivity index is 1.74. The lowest BCUT2D eigenvalue weighted by molar-refractivity contribution is 0.103. The van der Waals surface area contributed by atoms with Gasteiger partial charge in [-0.1, -0.05) is 67.6 Å². The van der Waals surface area contributed by atoms with Gasteiger partial charge in [0.25, 0.3) is 0 Å². The number of hydrogen-bond acceptors (Lipinski definition) is 3. The molecular weight excluding hydrogens is 340 g/mol. The van der Waals surface area contributed by atoms with Gasteiger partial charge in [-0.05, 0) is 29.0 Å². The van der Waals surface area contributed by atoms with Crippen molar-refractivity contribution in [3.05, 3.63) is 90.1 Å². The number of ketones is 1. The summed E-state index contributed by atoms with van der Waals surface area (Å²) < 4.78 is 1.78. The van der Waals surface area contributed by atoms with Crippen LogP contribution in [0.3, 0.4) is 0 Å². The maximum Gasteiger partial charge on any atom is 0.197 e. The summed E-state index contributed by atoms with van der Waals surface area (Å²) in [5, 5.41) is 5.36. The molecule has 0 saturated heterocycles. The summed E-state index contributed by atoms with van der Waals surface area (Å²) in [7, 11) is 0. The van der Waals surface area contributed by atoms with Crippen molar-refractivity contribution < 1.29 is 4.79 Å². The Bertz CT molecular complexity index is 1050. The van der Waals surface area contributed by atoms with Gasteiger partial charge in [0.05, 0.1) is 11.1 Å². The summed E-state index contributed by atoms with van der Waals surface area (Å²) in [5.74, 6) is 0.888. The Morgan fingerprint density at radius 3 is 2.35 bits per heavy atom. The molecule has 0 N–H and O–H groups in total. The normalized spacial score (nSPS) is 11.0. The first-order valence-electron chi connectivity index (χ1n) is 8.58. The van der Waals surface area contributed by atoms with Gasteiger partial charge < -0.3 is 0 Å². The van der Waals surface area contributed by atoms with Gasteiger partial charge in [-0.15, -0.1) is 11.8 Å². The first-order valence-corrected chi connectivity index (χ1v) is 9.57. The molecule has 0 spiro atoms. The topological polar surface area (TPSA) is 34.4 Å². The van der Waals surface area contributed by atoms with E-state index in [0.29, 0.717) is 11.1 Å². The molecule has 4 aromatic rings. The van der Waals surface area contributed by atoms with Crippen LogP contribution in [0.4, 0.5) is 0 Å². The molecule has 0 aliphatic heterocycles. The maximum atomic E-state index is 13.2. The number of carbonyl (C=O) groups excluding carboxylic acids is 1. The van der Waals surface area contributed by atoms with E-state index in [1.807, 2.05) is 66.9 Å². The fourth-order valence-corrected chi connectivity index (χ4v) is 3.78. The summed E-state index contributed by atoms with van der Waals surface area (Å²) in [6.45, 7) is 2.07. The van der Waals surface area contributed by atoms with E-state index < -0.39 is 0 Å². The minimum atomic E-state index is 0.0155. The zero-order chi connectivity index (χ0) is 17.9. The van der Waals surface area contributed by atoms with E-state index in [4.69, 9.17) is 0 Å². The molecule has 4 rings (SSSR count). The zero-order valence-electron chi connectivity index (χ0n) is 14.4. The van der Waals surface area contributed by atoms with E-state index in [9.17, 15) is 4.79 Å². The predicted molar refractivity (Wildman–Crippen MR) is 107 cm³/mol. The molecule has 0 atom stereocenters. The number of aromatic nitrogens is 2. The van der Waals surface area contributed by atoms with Gasteiger partial charge in [-0.25, -0.2) is 4.52 Å². The van der Waals surface area contributed by atoms with Crippen molar-refractivity contribution in [2.24, 2.45) is 0 Å². The second-order valence-electron chi connectivity index (χ2n) is 5.92. The van der Waals surface area contributed by atoms with Crippen LogP contribution in [0, 0.1) is 0 Å². The van der Waals surface area contributed by atoms with Gasteiger partial charge in [-0.3, -0.25) is 4.79 Å². The van der Waals surface area contributed by atoms with Gasteiger partial charge in [0.15, 0.2) is 5.78 Å². The van der Waals surface area contributed by atoms with Crippen LogP contribution in [0.1, 0.15) is 22.8 Å². The highest BCUT2D eigenvalue weighted by Gasteiger charge is 2.21. The molecular formula is C22H18N2OS. The highest BCUT2D eigenvalue weighted by Crippen LogP contribution is 2.28. The fourth-order valence-electron chi connectivity index (χ4n) is 3.02. The van der Waals surface area contributed by atoms with Crippen LogP contribution >= 0.6 is 11.8 Å². The molecule has 0 amide bonds. The molecule has 2 aromatic carbocycles. The second kappa shape index (κ2) is 7.18. The summed E-state index contributed by atoms with van der Waals surface area (Å²) in [6, 6.07) is 23.8. The molecule has 0 aliphatic carbocycles. The third-order valence-electron chi connectivity index (χ3n) is 4.27. The molecule has 4 heteroatoms. The molecule has 26 heavy (non-hydrogen) atoms. The van der Waals surface area contributed by atoms with E-state index in [1.165, 1.54) is 0 Å². The number of nitrogens with zero attached hydrogens (tertiary/aromatic N) is 2. The van der Waals surface area contributed by atoms with Crippen molar-refractivity contribution >= 4 is 23.1 Å². The quantitative estimate of drug-likeness (QED) is 0.356. The first kappa shape index (κ1) is 16.6. The molecule has 2 heterocycles. The molecule has 0 bridgehead atoms. The Morgan fingerprint density at radius 2 is 1.62 bits per heavy atom. The lowest BCUT2D eigenvalue weighted by Crippen LogP contribution is -2.02. The maximum absolute atomic E-state index is 13.2. The van der Waals surface area contributed by atoms with E-state index in [0.717, 1.165) is 27.4 Å². The smallest absolute Gasteiger partial charge is 0.197 e. The number of benzene rings is 2. The molecule has 0 saturated carbocycles. The first-order chi connectivity index (χ1) is 12.8. The molecule has 2 aromatic heterocycles. The number of pyridine rings is 1. The van der Waals surface area contributed by atoms with Crippen LogP contribution in [-0.2, 0) is 0 Å². The Kier molecular flexibility index (Phi) is 4.59. The summed E-state index contributed by atoms with van der Waals surface area (Å²) in [4.78, 5) is 13.2. The summed E-state index contributed by atoms with van der Waals surface area (Å²) >= 11 is 1.60. The van der Waals surface area contributed by atoms with Crippen LogP contribution in [0.5, 0.6) is 0 Å². The lowest BCUT2D eigenvalue weighted by atomic mass is 10.00. The van der Waals surface area contributed by atoms with Crippen molar-refractivity contribution in [1.29, 1.82) is 0 Å². The van der Waals surface area contributed by atoms with Crippen LogP contribution in [-0.4, -0.2) is 21.2 Å². The molecule has 3 nitrogen and oxygen atoms in total. The van der Waals surface area contributed by atoms with Crippen LogP contribution in [0.15, 0.2) is 84.0 Å². The number of fused-ring (bicyclic) bond motifs is 1.